The molecule has 0 saturated carbocycles. The summed E-state index contributed by atoms with van der Waals surface area (Å²) < 4.78 is 5.59. The molecule has 1 saturated heterocycles. The standard InChI is InChI=1S/C15H19Cl2NO2/c1-10(2)18-6-7-20-15(9-18)14(19)8-11-12(16)4-3-5-13(11)17/h3-5,10,15H,6-9H2,1-2H3. The van der Waals surface area contributed by atoms with Crippen LogP contribution in [0, 0.1) is 0 Å². The highest BCUT2D eigenvalue weighted by atomic mass is 35.5. The zero-order chi connectivity index (χ0) is 14.7. The number of hydrogen-bond donors (Lipinski definition) is 0. The smallest absolute Gasteiger partial charge is 0.167 e. The molecule has 1 unspecified atom stereocenters. The average Bonchev–Trinajstić information content (AvgIpc) is 2.43. The molecule has 0 spiro atoms. The topological polar surface area (TPSA) is 29.5 Å². The van der Waals surface area contributed by atoms with Crippen LogP contribution in [-0.2, 0) is 16.0 Å². The number of hydrogen-bond acceptors (Lipinski definition) is 3. The zero-order valence-electron chi connectivity index (χ0n) is 11.7. The number of ketones is 1. The van der Waals surface area contributed by atoms with E-state index in [2.05, 4.69) is 18.7 Å². The maximum atomic E-state index is 12.4. The van der Waals surface area contributed by atoms with E-state index in [4.69, 9.17) is 27.9 Å². The Bertz CT molecular complexity index is 471. The van der Waals surface area contributed by atoms with Crippen LogP contribution in [-0.4, -0.2) is 42.5 Å². The Labute approximate surface area is 129 Å². The van der Waals surface area contributed by atoms with Crippen LogP contribution in [0.4, 0.5) is 0 Å². The van der Waals surface area contributed by atoms with Crippen molar-refractivity contribution in [2.24, 2.45) is 0 Å². The zero-order valence-corrected chi connectivity index (χ0v) is 13.2. The Morgan fingerprint density at radius 2 is 2.05 bits per heavy atom. The van der Waals surface area contributed by atoms with Crippen molar-refractivity contribution in [3.8, 4) is 0 Å². The van der Waals surface area contributed by atoms with Crippen LogP contribution in [0.5, 0.6) is 0 Å². The van der Waals surface area contributed by atoms with E-state index in [-0.39, 0.29) is 12.2 Å². The van der Waals surface area contributed by atoms with Gasteiger partial charge in [0.15, 0.2) is 5.78 Å². The third kappa shape index (κ3) is 3.73. The lowest BCUT2D eigenvalue weighted by Crippen LogP contribution is -2.49. The van der Waals surface area contributed by atoms with Crippen LogP contribution in [0.2, 0.25) is 10.0 Å². The first-order valence-electron chi connectivity index (χ1n) is 6.80. The molecule has 0 amide bonds. The van der Waals surface area contributed by atoms with Gasteiger partial charge in [-0.2, -0.15) is 0 Å². The van der Waals surface area contributed by atoms with E-state index in [0.717, 1.165) is 6.54 Å². The van der Waals surface area contributed by atoms with E-state index >= 15 is 0 Å². The lowest BCUT2D eigenvalue weighted by atomic mass is 10.0. The molecule has 1 fully saturated rings. The molecular formula is C15H19Cl2NO2. The van der Waals surface area contributed by atoms with E-state index in [1.54, 1.807) is 18.2 Å². The van der Waals surface area contributed by atoms with Crippen molar-refractivity contribution >= 4 is 29.0 Å². The monoisotopic (exact) mass is 315 g/mol. The van der Waals surface area contributed by atoms with E-state index < -0.39 is 6.10 Å². The lowest BCUT2D eigenvalue weighted by Gasteiger charge is -2.34. The largest absolute Gasteiger partial charge is 0.368 e. The number of halogens is 2. The molecule has 20 heavy (non-hydrogen) atoms. The predicted molar refractivity (Wildman–Crippen MR) is 81.6 cm³/mol. The fourth-order valence-electron chi connectivity index (χ4n) is 2.32. The van der Waals surface area contributed by atoms with Crippen molar-refractivity contribution in [1.82, 2.24) is 4.90 Å². The van der Waals surface area contributed by atoms with Gasteiger partial charge in [0.1, 0.15) is 6.10 Å². The molecule has 0 aliphatic carbocycles. The predicted octanol–water partition coefficient (Wildman–Crippen LogP) is 3.21. The minimum Gasteiger partial charge on any atom is -0.368 e. The summed E-state index contributed by atoms with van der Waals surface area (Å²) in [7, 11) is 0. The van der Waals surface area contributed by atoms with Gasteiger partial charge in [0, 0.05) is 35.6 Å². The Balaban J connectivity index is 2.05. The molecule has 0 N–H and O–H groups in total. The Morgan fingerprint density at radius 3 is 2.65 bits per heavy atom. The second-order valence-electron chi connectivity index (χ2n) is 5.29. The highest BCUT2D eigenvalue weighted by molar-refractivity contribution is 6.36. The fourth-order valence-corrected chi connectivity index (χ4v) is 2.85. The van der Waals surface area contributed by atoms with Gasteiger partial charge in [-0.1, -0.05) is 29.3 Å². The van der Waals surface area contributed by atoms with Gasteiger partial charge in [-0.3, -0.25) is 9.69 Å². The molecule has 110 valence electrons. The quantitative estimate of drug-likeness (QED) is 0.854. The summed E-state index contributed by atoms with van der Waals surface area (Å²) in [6.07, 6.45) is -0.173. The van der Waals surface area contributed by atoms with Crippen molar-refractivity contribution in [2.45, 2.75) is 32.4 Å². The highest BCUT2D eigenvalue weighted by Crippen LogP contribution is 2.25. The molecule has 0 radical (unpaired) electrons. The Morgan fingerprint density at radius 1 is 1.40 bits per heavy atom. The maximum Gasteiger partial charge on any atom is 0.167 e. The van der Waals surface area contributed by atoms with Gasteiger partial charge in [-0.15, -0.1) is 0 Å². The van der Waals surface area contributed by atoms with E-state index in [1.165, 1.54) is 0 Å². The maximum absolute atomic E-state index is 12.4. The van der Waals surface area contributed by atoms with Crippen LogP contribution in [0.3, 0.4) is 0 Å². The summed E-state index contributed by atoms with van der Waals surface area (Å²) in [5.74, 6) is 0.0327. The summed E-state index contributed by atoms with van der Waals surface area (Å²) in [5.41, 5.74) is 0.686. The molecule has 0 aromatic heterocycles. The van der Waals surface area contributed by atoms with Gasteiger partial charge in [-0.05, 0) is 31.5 Å². The third-order valence-corrected chi connectivity index (χ3v) is 4.31. The molecule has 1 aliphatic rings. The van der Waals surface area contributed by atoms with Crippen LogP contribution >= 0.6 is 23.2 Å². The molecule has 0 bridgehead atoms. The Hall–Kier alpha value is -0.610. The van der Waals surface area contributed by atoms with Gasteiger partial charge in [0.25, 0.3) is 0 Å². The van der Waals surface area contributed by atoms with Crippen molar-refractivity contribution in [2.75, 3.05) is 19.7 Å². The summed E-state index contributed by atoms with van der Waals surface area (Å²) in [5, 5.41) is 1.06. The average molecular weight is 316 g/mol. The molecule has 1 aromatic carbocycles. The second-order valence-corrected chi connectivity index (χ2v) is 6.11. The first-order valence-corrected chi connectivity index (χ1v) is 7.56. The van der Waals surface area contributed by atoms with Gasteiger partial charge < -0.3 is 4.74 Å². The minimum atomic E-state index is -0.390. The number of nitrogens with zero attached hydrogens (tertiary/aromatic N) is 1. The van der Waals surface area contributed by atoms with Crippen molar-refractivity contribution in [1.29, 1.82) is 0 Å². The highest BCUT2D eigenvalue weighted by Gasteiger charge is 2.28. The van der Waals surface area contributed by atoms with E-state index in [1.807, 2.05) is 0 Å². The van der Waals surface area contributed by atoms with Gasteiger partial charge in [0.2, 0.25) is 0 Å². The van der Waals surface area contributed by atoms with Crippen LogP contribution in [0.25, 0.3) is 0 Å². The SMILES string of the molecule is CC(C)N1CCOC(C(=O)Cc2c(Cl)cccc2Cl)C1. The number of rotatable bonds is 4. The normalized spacial score (nSPS) is 20.4. The molecule has 1 heterocycles. The summed E-state index contributed by atoms with van der Waals surface area (Å²) in [6, 6.07) is 5.69. The molecular weight excluding hydrogens is 297 g/mol. The van der Waals surface area contributed by atoms with Crippen LogP contribution in [0.15, 0.2) is 18.2 Å². The fraction of sp³-hybridized carbons (Fsp3) is 0.533. The third-order valence-electron chi connectivity index (χ3n) is 3.60. The number of ether oxygens (including phenoxy) is 1. The number of Topliss-reactive ketones (excluding diaryl/α,β-unsaturated/α-hetero) is 1. The minimum absolute atomic E-state index is 0.0327. The number of carbonyl (C=O) groups excluding carboxylic acids is 1. The molecule has 1 aliphatic heterocycles. The number of morpholine rings is 1. The first-order chi connectivity index (χ1) is 9.49. The van der Waals surface area contributed by atoms with Crippen molar-refractivity contribution in [3.05, 3.63) is 33.8 Å². The summed E-state index contributed by atoms with van der Waals surface area (Å²) in [4.78, 5) is 14.6. The van der Waals surface area contributed by atoms with Crippen LogP contribution < -0.4 is 0 Å². The molecule has 1 aromatic rings. The van der Waals surface area contributed by atoms with Gasteiger partial charge in [-0.25, -0.2) is 0 Å². The molecule has 2 rings (SSSR count). The van der Waals surface area contributed by atoms with E-state index in [9.17, 15) is 4.79 Å². The molecule has 3 nitrogen and oxygen atoms in total. The summed E-state index contributed by atoms with van der Waals surface area (Å²) in [6.45, 7) is 6.34. The van der Waals surface area contributed by atoms with Gasteiger partial charge in [0.05, 0.1) is 6.61 Å². The summed E-state index contributed by atoms with van der Waals surface area (Å²) >= 11 is 12.2. The van der Waals surface area contributed by atoms with Gasteiger partial charge >= 0.3 is 0 Å². The second kappa shape index (κ2) is 6.90. The van der Waals surface area contributed by atoms with E-state index in [0.29, 0.717) is 34.8 Å². The first kappa shape index (κ1) is 15.8. The lowest BCUT2D eigenvalue weighted by molar-refractivity contribution is -0.136. The van der Waals surface area contributed by atoms with Crippen molar-refractivity contribution in [3.63, 3.8) is 0 Å². The molecule has 1 atom stereocenters. The van der Waals surface area contributed by atoms with Crippen LogP contribution in [0.1, 0.15) is 19.4 Å². The number of carbonyl (C=O) groups is 1. The Kier molecular flexibility index (Phi) is 5.44. The number of benzene rings is 1. The molecule has 5 heteroatoms. The van der Waals surface area contributed by atoms with Crippen molar-refractivity contribution < 1.29 is 9.53 Å².